The van der Waals surface area contributed by atoms with Crippen LogP contribution in [0.2, 0.25) is 10.0 Å². The Balaban J connectivity index is 1.80. The molecule has 2 aliphatic rings. The van der Waals surface area contributed by atoms with Crippen LogP contribution < -0.4 is 10.3 Å². The smallest absolute Gasteiger partial charge is 0.329 e. The van der Waals surface area contributed by atoms with Gasteiger partial charge in [0.25, 0.3) is 11.4 Å². The molecule has 0 saturated carbocycles. The number of anilines is 1. The first-order valence-electron chi connectivity index (χ1n) is 13.3. The van der Waals surface area contributed by atoms with Crippen molar-refractivity contribution >= 4 is 46.5 Å². The molecule has 0 unspecified atom stereocenters. The summed E-state index contributed by atoms with van der Waals surface area (Å²) in [6.45, 7) is 0. The number of nitrogens with one attached hydrogen (secondary N) is 1. The Hall–Kier alpha value is -4.40. The summed E-state index contributed by atoms with van der Waals surface area (Å²) in [5, 5.41) is 6.41. The minimum Gasteiger partial charge on any atom is -0.469 e. The van der Waals surface area contributed by atoms with Crippen molar-refractivity contribution in [2.75, 3.05) is 19.1 Å². The normalized spacial score (nSPS) is 24.4. The number of hydrogen-bond donors (Lipinski definition) is 1. The molecule has 4 aromatic rings. The highest BCUT2D eigenvalue weighted by Crippen LogP contribution is 2.62. The topological polar surface area (TPSA) is 83.2 Å². The predicted octanol–water partition coefficient (Wildman–Crippen LogP) is 6.21. The number of carbonyl (C=O) groups is 2. The van der Waals surface area contributed by atoms with Crippen LogP contribution in [0.3, 0.4) is 0 Å². The molecule has 0 aromatic heterocycles. The number of halogens is 2. The lowest BCUT2D eigenvalue weighted by molar-refractivity contribution is -0.570. The van der Waals surface area contributed by atoms with Gasteiger partial charge in [0.05, 0.1) is 14.2 Å². The quantitative estimate of drug-likeness (QED) is 0.209. The molecule has 0 aliphatic carbocycles. The van der Waals surface area contributed by atoms with Crippen molar-refractivity contribution < 1.29 is 23.9 Å². The van der Waals surface area contributed by atoms with Crippen molar-refractivity contribution in [3.63, 3.8) is 0 Å². The van der Waals surface area contributed by atoms with E-state index in [1.807, 2.05) is 77.7 Å². The van der Waals surface area contributed by atoms with Gasteiger partial charge >= 0.3 is 11.9 Å². The molecule has 6 rings (SSSR count). The first-order chi connectivity index (χ1) is 20.4. The van der Waals surface area contributed by atoms with Gasteiger partial charge in [-0.1, -0.05) is 83.9 Å². The minimum absolute atomic E-state index is 0.516. The highest BCUT2D eigenvalue weighted by Gasteiger charge is 2.81. The third-order valence-corrected chi connectivity index (χ3v) is 8.47. The largest absolute Gasteiger partial charge is 0.469 e. The van der Waals surface area contributed by atoms with E-state index >= 15 is 0 Å². The molecule has 10 heteroatoms. The molecule has 4 aromatic carbocycles. The summed E-state index contributed by atoms with van der Waals surface area (Å²) < 4.78 is 10.8. The Morgan fingerprint density at radius 2 is 1.31 bits per heavy atom. The van der Waals surface area contributed by atoms with E-state index in [-0.39, 0.29) is 0 Å². The van der Waals surface area contributed by atoms with Crippen LogP contribution in [0.15, 0.2) is 114 Å². The number of benzene rings is 4. The van der Waals surface area contributed by atoms with Gasteiger partial charge in [-0.25, -0.2) is 4.79 Å². The van der Waals surface area contributed by atoms with Crippen LogP contribution in [0, 0.1) is 5.92 Å². The lowest BCUT2D eigenvalue weighted by Gasteiger charge is -2.40. The van der Waals surface area contributed by atoms with Crippen LogP contribution in [-0.2, 0) is 30.3 Å². The molecular weight excluding hydrogens is 575 g/mol. The second kappa shape index (κ2) is 10.8. The van der Waals surface area contributed by atoms with Gasteiger partial charge in [0.2, 0.25) is 0 Å². The van der Waals surface area contributed by atoms with Crippen LogP contribution in [-0.4, -0.2) is 37.0 Å². The zero-order chi connectivity index (χ0) is 29.5. The highest BCUT2D eigenvalue weighted by molar-refractivity contribution is 6.30. The number of para-hydroxylation sites is 1. The third kappa shape index (κ3) is 4.05. The van der Waals surface area contributed by atoms with Crippen LogP contribution in [0.25, 0.3) is 0 Å². The van der Waals surface area contributed by atoms with E-state index in [2.05, 4.69) is 5.43 Å². The summed E-state index contributed by atoms with van der Waals surface area (Å²) in [7, 11) is 2.61. The molecule has 1 fully saturated rings. The number of azo groups is 1. The molecule has 0 radical (unpaired) electrons. The third-order valence-electron chi connectivity index (χ3n) is 7.97. The van der Waals surface area contributed by atoms with Gasteiger partial charge < -0.3 is 14.4 Å². The maximum absolute atomic E-state index is 14.1. The van der Waals surface area contributed by atoms with Crippen LogP contribution in [0.4, 0.5) is 11.4 Å². The zero-order valence-electron chi connectivity index (χ0n) is 22.8. The molecule has 2 heterocycles. The van der Waals surface area contributed by atoms with Crippen molar-refractivity contribution in [1.82, 2.24) is 5.43 Å². The molecule has 212 valence electrons. The van der Waals surface area contributed by atoms with Crippen LogP contribution in [0.1, 0.15) is 11.1 Å². The number of nitrogens with zero attached hydrogens (tertiary/aromatic N) is 3. The first kappa shape index (κ1) is 27.8. The van der Waals surface area contributed by atoms with Crippen molar-refractivity contribution in [1.29, 1.82) is 0 Å². The second-order valence-electron chi connectivity index (χ2n) is 10.0. The molecule has 4 atom stereocenters. The SMILES string of the molecule is COC(=O)[C@@H]1[C@H](C(=O)OC)N(c2ccc(Cl)cc2)[C@@]2(c3ccccc3)N=[N+](c3ccccc3)N[C@@]12c1ccc(Cl)cc1. The maximum atomic E-state index is 14.1. The number of fused-ring (bicyclic) bond motifs is 1. The molecule has 42 heavy (non-hydrogen) atoms. The lowest BCUT2D eigenvalue weighted by atomic mass is 9.69. The Morgan fingerprint density at radius 1 is 0.762 bits per heavy atom. The van der Waals surface area contributed by atoms with Crippen molar-refractivity contribution in [2.24, 2.45) is 11.0 Å². The van der Waals surface area contributed by atoms with E-state index in [1.54, 1.807) is 41.2 Å². The van der Waals surface area contributed by atoms with Crippen molar-refractivity contribution in [3.05, 3.63) is 130 Å². The highest BCUT2D eigenvalue weighted by atomic mass is 35.5. The molecule has 0 amide bonds. The van der Waals surface area contributed by atoms with Crippen molar-refractivity contribution in [3.8, 4) is 0 Å². The number of rotatable bonds is 6. The van der Waals surface area contributed by atoms with E-state index in [4.69, 9.17) is 37.8 Å². The number of methoxy groups -OCH3 is 2. The molecule has 1 N–H and O–H groups in total. The van der Waals surface area contributed by atoms with E-state index in [1.165, 1.54) is 14.2 Å². The molecule has 1 saturated heterocycles. The fourth-order valence-corrected chi connectivity index (χ4v) is 6.55. The standard InChI is InChI=1S/C32H27Cl2N4O4/c1-41-29(39)27-28(30(40)42-2)37(25-19-17-24(34)18-20-25)32(22-9-5-3-6-10-22)31(27,21-13-15-23(33)16-14-21)35-38(36-32)26-11-7-4-8-12-26/h3-20,27-28H,1-2H3,(H,35,36)/q+1/t27-,28+,31-,32+/m0/s1. The van der Waals surface area contributed by atoms with Crippen LogP contribution in [0.5, 0.6) is 0 Å². The van der Waals surface area contributed by atoms with Gasteiger partial charge in [-0.15, -0.1) is 0 Å². The van der Waals surface area contributed by atoms with E-state index < -0.39 is 35.1 Å². The number of carbonyl (C=O) groups excluding carboxylic acids is 2. The number of ether oxygens (including phenoxy) is 2. The van der Waals surface area contributed by atoms with Gasteiger partial charge in [0.1, 0.15) is 12.0 Å². The molecule has 8 nitrogen and oxygen atoms in total. The summed E-state index contributed by atoms with van der Waals surface area (Å²) >= 11 is 12.7. The maximum Gasteiger partial charge on any atom is 0.329 e. The molecule has 0 bridgehead atoms. The Morgan fingerprint density at radius 3 is 1.88 bits per heavy atom. The molecule has 2 aliphatic heterocycles. The second-order valence-corrected chi connectivity index (χ2v) is 10.9. The van der Waals surface area contributed by atoms with Crippen LogP contribution >= 0.6 is 23.2 Å². The Labute approximate surface area is 253 Å². The molecular formula is C32H27Cl2N4O4+. The van der Waals surface area contributed by atoms with E-state index in [9.17, 15) is 9.59 Å². The first-order valence-corrected chi connectivity index (χ1v) is 14.0. The summed E-state index contributed by atoms with van der Waals surface area (Å²) in [5.41, 5.74) is 3.48. The van der Waals surface area contributed by atoms with Gasteiger partial charge in [0, 0.05) is 43.3 Å². The summed E-state index contributed by atoms with van der Waals surface area (Å²) in [5.74, 6) is -2.39. The fraction of sp³-hybridized carbons (Fsp3) is 0.188. The number of hydrogen-bond acceptors (Lipinski definition) is 7. The predicted molar refractivity (Wildman–Crippen MR) is 158 cm³/mol. The Kier molecular flexibility index (Phi) is 7.12. The summed E-state index contributed by atoms with van der Waals surface area (Å²) in [4.78, 5) is 31.5. The Bertz CT molecular complexity index is 1650. The van der Waals surface area contributed by atoms with Gasteiger partial charge in [0.15, 0.2) is 5.54 Å². The van der Waals surface area contributed by atoms with Crippen molar-refractivity contribution in [2.45, 2.75) is 17.2 Å². The zero-order valence-corrected chi connectivity index (χ0v) is 24.3. The minimum atomic E-state index is -1.43. The molecule has 0 spiro atoms. The van der Waals surface area contributed by atoms with Gasteiger partial charge in [-0.3, -0.25) is 4.79 Å². The number of esters is 2. The lowest BCUT2D eigenvalue weighted by Crippen LogP contribution is -2.59. The average Bonchev–Trinajstić information content (AvgIpc) is 3.51. The monoisotopic (exact) mass is 601 g/mol. The van der Waals surface area contributed by atoms with Gasteiger partial charge in [-0.2, -0.15) is 5.43 Å². The summed E-state index contributed by atoms with van der Waals surface area (Å²) in [6, 6.07) is 32.2. The van der Waals surface area contributed by atoms with E-state index in [0.29, 0.717) is 21.3 Å². The van der Waals surface area contributed by atoms with E-state index in [0.717, 1.165) is 11.3 Å². The van der Waals surface area contributed by atoms with Gasteiger partial charge in [-0.05, 0) is 42.0 Å². The average molecular weight is 602 g/mol. The summed E-state index contributed by atoms with van der Waals surface area (Å²) in [6.07, 6.45) is 0. The fourth-order valence-electron chi connectivity index (χ4n) is 6.29. The number of hydrazine groups is 1.